The quantitative estimate of drug-likeness (QED) is 0.675. The zero-order valence-corrected chi connectivity index (χ0v) is 9.45. The average Bonchev–Trinajstić information content (AvgIpc) is 2.69. The van der Waals surface area contributed by atoms with E-state index in [1.54, 1.807) is 0 Å². The van der Waals surface area contributed by atoms with Gasteiger partial charge in [0.25, 0.3) is 0 Å². The maximum absolute atomic E-state index is 5.62. The molecule has 16 heavy (non-hydrogen) atoms. The second-order valence-corrected chi connectivity index (χ2v) is 3.45. The van der Waals surface area contributed by atoms with Crippen LogP contribution in [0.5, 0.6) is 0 Å². The van der Waals surface area contributed by atoms with E-state index < -0.39 is 0 Å². The SMILES string of the molecule is CCC#Cc1oc(-c2ccccc2)nc1C. The molecule has 0 bridgehead atoms. The van der Waals surface area contributed by atoms with Crippen molar-refractivity contribution in [2.45, 2.75) is 20.3 Å². The fourth-order valence-corrected chi connectivity index (χ4v) is 1.39. The molecule has 0 unspecified atom stereocenters. The summed E-state index contributed by atoms with van der Waals surface area (Å²) in [7, 11) is 0. The van der Waals surface area contributed by atoms with Crippen LogP contribution in [0, 0.1) is 18.8 Å². The predicted molar refractivity (Wildman–Crippen MR) is 63.8 cm³/mol. The highest BCUT2D eigenvalue weighted by molar-refractivity contribution is 5.54. The van der Waals surface area contributed by atoms with E-state index in [2.05, 4.69) is 16.8 Å². The Balaban J connectivity index is 2.38. The van der Waals surface area contributed by atoms with E-state index in [0.29, 0.717) is 11.7 Å². The van der Waals surface area contributed by atoms with Crippen molar-refractivity contribution in [2.75, 3.05) is 0 Å². The van der Waals surface area contributed by atoms with Gasteiger partial charge in [-0.05, 0) is 25.0 Å². The monoisotopic (exact) mass is 211 g/mol. The zero-order valence-electron chi connectivity index (χ0n) is 9.45. The maximum Gasteiger partial charge on any atom is 0.227 e. The first kappa shape index (κ1) is 10.5. The summed E-state index contributed by atoms with van der Waals surface area (Å²) in [6, 6.07) is 9.85. The van der Waals surface area contributed by atoms with Gasteiger partial charge in [0.15, 0.2) is 0 Å². The third-order valence-corrected chi connectivity index (χ3v) is 2.20. The van der Waals surface area contributed by atoms with Crippen LogP contribution in [0.25, 0.3) is 11.5 Å². The van der Waals surface area contributed by atoms with Crippen molar-refractivity contribution in [2.24, 2.45) is 0 Å². The number of rotatable bonds is 1. The van der Waals surface area contributed by atoms with Gasteiger partial charge in [-0.2, -0.15) is 0 Å². The molecular formula is C14H13NO. The minimum Gasteiger partial charge on any atom is -0.427 e. The minimum absolute atomic E-state index is 0.638. The van der Waals surface area contributed by atoms with Crippen LogP contribution in [0.2, 0.25) is 0 Å². The standard InChI is InChI=1S/C14H13NO/c1-3-4-10-13-11(2)15-14(16-13)12-8-6-5-7-9-12/h5-9H,3H2,1-2H3. The Labute approximate surface area is 95.3 Å². The zero-order chi connectivity index (χ0) is 11.4. The molecule has 0 amide bonds. The average molecular weight is 211 g/mol. The second-order valence-electron chi connectivity index (χ2n) is 3.45. The molecule has 1 aromatic carbocycles. The maximum atomic E-state index is 5.62. The Kier molecular flexibility index (Phi) is 3.07. The van der Waals surface area contributed by atoms with E-state index in [-0.39, 0.29) is 0 Å². The van der Waals surface area contributed by atoms with Crippen molar-refractivity contribution >= 4 is 0 Å². The van der Waals surface area contributed by atoms with Gasteiger partial charge in [0.05, 0.1) is 5.69 Å². The fraction of sp³-hybridized carbons (Fsp3) is 0.214. The summed E-state index contributed by atoms with van der Waals surface area (Å²) < 4.78 is 5.62. The molecule has 0 N–H and O–H groups in total. The molecule has 1 heterocycles. The third kappa shape index (κ3) is 2.14. The first-order chi connectivity index (χ1) is 7.81. The van der Waals surface area contributed by atoms with Crippen molar-refractivity contribution in [1.29, 1.82) is 0 Å². The van der Waals surface area contributed by atoms with Gasteiger partial charge in [-0.3, -0.25) is 0 Å². The molecule has 2 heteroatoms. The van der Waals surface area contributed by atoms with Crippen molar-refractivity contribution in [3.05, 3.63) is 41.8 Å². The van der Waals surface area contributed by atoms with E-state index >= 15 is 0 Å². The molecule has 2 aromatic rings. The van der Waals surface area contributed by atoms with Crippen LogP contribution in [0.4, 0.5) is 0 Å². The molecule has 2 nitrogen and oxygen atoms in total. The van der Waals surface area contributed by atoms with Crippen molar-refractivity contribution in [3.8, 4) is 23.3 Å². The summed E-state index contributed by atoms with van der Waals surface area (Å²) in [5.74, 6) is 7.26. The summed E-state index contributed by atoms with van der Waals surface area (Å²) in [5, 5.41) is 0. The molecule has 1 aromatic heterocycles. The molecule has 0 spiro atoms. The Morgan fingerprint density at radius 3 is 2.69 bits per heavy atom. The van der Waals surface area contributed by atoms with Crippen LogP contribution in [0.1, 0.15) is 24.8 Å². The first-order valence-electron chi connectivity index (χ1n) is 5.33. The molecule has 0 aliphatic carbocycles. The molecule has 0 radical (unpaired) electrons. The first-order valence-corrected chi connectivity index (χ1v) is 5.33. The number of hydrogen-bond acceptors (Lipinski definition) is 2. The number of benzene rings is 1. The topological polar surface area (TPSA) is 26.0 Å². The second kappa shape index (κ2) is 4.67. The molecule has 0 fully saturated rings. The van der Waals surface area contributed by atoms with E-state index in [1.807, 2.05) is 44.2 Å². The van der Waals surface area contributed by atoms with Gasteiger partial charge in [-0.1, -0.05) is 31.0 Å². The highest BCUT2D eigenvalue weighted by Crippen LogP contribution is 2.20. The van der Waals surface area contributed by atoms with E-state index in [4.69, 9.17) is 4.42 Å². The van der Waals surface area contributed by atoms with E-state index in [9.17, 15) is 0 Å². The van der Waals surface area contributed by atoms with Crippen LogP contribution in [0.15, 0.2) is 34.7 Å². The number of aromatic nitrogens is 1. The molecule has 0 saturated carbocycles. The summed E-state index contributed by atoms with van der Waals surface area (Å²) in [6.45, 7) is 3.92. The van der Waals surface area contributed by atoms with Crippen LogP contribution >= 0.6 is 0 Å². The van der Waals surface area contributed by atoms with Gasteiger partial charge in [0, 0.05) is 12.0 Å². The van der Waals surface area contributed by atoms with Crippen LogP contribution in [0.3, 0.4) is 0 Å². The number of oxazole rings is 1. The van der Waals surface area contributed by atoms with Crippen molar-refractivity contribution in [3.63, 3.8) is 0 Å². The molecule has 0 saturated heterocycles. The van der Waals surface area contributed by atoms with Crippen molar-refractivity contribution in [1.82, 2.24) is 4.98 Å². The number of aryl methyl sites for hydroxylation is 1. The molecule has 2 rings (SSSR count). The number of nitrogens with zero attached hydrogens (tertiary/aromatic N) is 1. The lowest BCUT2D eigenvalue weighted by Gasteiger charge is -1.91. The van der Waals surface area contributed by atoms with Gasteiger partial charge in [-0.15, -0.1) is 0 Å². The molecule has 0 aliphatic rings. The normalized spacial score (nSPS) is 9.62. The lowest BCUT2D eigenvalue weighted by Crippen LogP contribution is -1.76. The Morgan fingerprint density at radius 2 is 2.00 bits per heavy atom. The number of hydrogen-bond donors (Lipinski definition) is 0. The van der Waals surface area contributed by atoms with Gasteiger partial charge in [0.1, 0.15) is 0 Å². The van der Waals surface area contributed by atoms with E-state index in [0.717, 1.165) is 17.7 Å². The lowest BCUT2D eigenvalue weighted by atomic mass is 10.2. The Bertz CT molecular complexity index is 529. The molecule has 0 atom stereocenters. The van der Waals surface area contributed by atoms with E-state index in [1.165, 1.54) is 0 Å². The molecular weight excluding hydrogens is 198 g/mol. The van der Waals surface area contributed by atoms with Crippen LogP contribution < -0.4 is 0 Å². The summed E-state index contributed by atoms with van der Waals surface area (Å²) in [6.07, 6.45) is 0.820. The fourth-order valence-electron chi connectivity index (χ4n) is 1.39. The molecule has 0 aliphatic heterocycles. The third-order valence-electron chi connectivity index (χ3n) is 2.20. The van der Waals surface area contributed by atoms with Crippen LogP contribution in [-0.2, 0) is 0 Å². The van der Waals surface area contributed by atoms with Gasteiger partial charge < -0.3 is 4.42 Å². The highest BCUT2D eigenvalue weighted by Gasteiger charge is 2.08. The largest absolute Gasteiger partial charge is 0.427 e. The predicted octanol–water partition coefficient (Wildman–Crippen LogP) is 3.41. The highest BCUT2D eigenvalue weighted by atomic mass is 16.4. The minimum atomic E-state index is 0.638. The smallest absolute Gasteiger partial charge is 0.227 e. The Hall–Kier alpha value is -2.01. The summed E-state index contributed by atoms with van der Waals surface area (Å²) in [4.78, 5) is 4.36. The Morgan fingerprint density at radius 1 is 1.25 bits per heavy atom. The summed E-state index contributed by atoms with van der Waals surface area (Å²) >= 11 is 0. The van der Waals surface area contributed by atoms with Gasteiger partial charge >= 0.3 is 0 Å². The summed E-state index contributed by atoms with van der Waals surface area (Å²) in [5.41, 5.74) is 1.83. The molecule has 80 valence electrons. The van der Waals surface area contributed by atoms with Crippen LogP contribution in [-0.4, -0.2) is 4.98 Å². The lowest BCUT2D eigenvalue weighted by molar-refractivity contribution is 0.560. The van der Waals surface area contributed by atoms with Gasteiger partial charge in [-0.25, -0.2) is 4.98 Å². The van der Waals surface area contributed by atoms with Gasteiger partial charge in [0.2, 0.25) is 11.7 Å². The van der Waals surface area contributed by atoms with Crippen molar-refractivity contribution < 1.29 is 4.42 Å².